The van der Waals surface area contributed by atoms with Crippen LogP contribution in [0.1, 0.15) is 15.9 Å². The molecule has 1 heterocycles. The molecule has 0 bridgehead atoms. The summed E-state index contributed by atoms with van der Waals surface area (Å²) in [6.45, 7) is 0.382. The molecule has 0 fully saturated rings. The topological polar surface area (TPSA) is 85.5 Å². The summed E-state index contributed by atoms with van der Waals surface area (Å²) in [6, 6.07) is 13.0. The number of rotatable bonds is 7. The van der Waals surface area contributed by atoms with Crippen molar-refractivity contribution in [3.8, 4) is 28.5 Å². The summed E-state index contributed by atoms with van der Waals surface area (Å²) in [5.74, 6) is 1.71. The number of hydrogen-bond donors (Lipinski definition) is 2. The molecule has 2 N–H and O–H groups in total. The maximum Gasteiger partial charge on any atom is 0.255 e. The first-order chi connectivity index (χ1) is 13.2. The van der Waals surface area contributed by atoms with Crippen LogP contribution in [-0.4, -0.2) is 37.4 Å². The van der Waals surface area contributed by atoms with Crippen LogP contribution in [-0.2, 0) is 6.54 Å². The molecule has 1 aromatic heterocycles. The van der Waals surface area contributed by atoms with E-state index in [9.17, 15) is 4.79 Å². The van der Waals surface area contributed by atoms with E-state index in [1.165, 1.54) is 6.20 Å². The first-order valence-electron chi connectivity index (χ1n) is 8.33. The molecule has 140 valence electrons. The molecule has 0 atom stereocenters. The van der Waals surface area contributed by atoms with E-state index in [2.05, 4.69) is 15.5 Å². The second-order valence-electron chi connectivity index (χ2n) is 5.76. The predicted octanol–water partition coefficient (Wildman–Crippen LogP) is 3.03. The van der Waals surface area contributed by atoms with E-state index in [0.717, 1.165) is 16.9 Å². The number of aromatic nitrogens is 2. The number of benzene rings is 2. The molecule has 3 aromatic rings. The van der Waals surface area contributed by atoms with Gasteiger partial charge < -0.3 is 19.5 Å². The number of ether oxygens (including phenoxy) is 3. The largest absolute Gasteiger partial charge is 0.497 e. The molecule has 7 heteroatoms. The highest BCUT2D eigenvalue weighted by atomic mass is 16.5. The monoisotopic (exact) mass is 367 g/mol. The molecule has 0 aliphatic carbocycles. The van der Waals surface area contributed by atoms with Crippen molar-refractivity contribution in [3.63, 3.8) is 0 Å². The summed E-state index contributed by atoms with van der Waals surface area (Å²) >= 11 is 0. The minimum Gasteiger partial charge on any atom is -0.497 e. The lowest BCUT2D eigenvalue weighted by Gasteiger charge is -2.10. The standard InChI is InChI=1S/C20H21N3O4/c1-25-15-6-4-5-13(9-15)11-21-20(24)16-12-22-23-19(16)14-7-8-17(26-2)18(10-14)27-3/h4-10,12H,11H2,1-3H3,(H,21,24)(H,22,23). The molecular formula is C20H21N3O4. The molecule has 3 rings (SSSR count). The van der Waals surface area contributed by atoms with Crippen LogP contribution in [0.4, 0.5) is 0 Å². The van der Waals surface area contributed by atoms with E-state index >= 15 is 0 Å². The number of carbonyl (C=O) groups is 1. The van der Waals surface area contributed by atoms with E-state index in [-0.39, 0.29) is 5.91 Å². The van der Waals surface area contributed by atoms with Gasteiger partial charge in [0, 0.05) is 12.1 Å². The van der Waals surface area contributed by atoms with Gasteiger partial charge in [0.1, 0.15) is 5.75 Å². The van der Waals surface area contributed by atoms with Crippen LogP contribution in [0.2, 0.25) is 0 Å². The molecule has 2 aromatic carbocycles. The van der Waals surface area contributed by atoms with E-state index in [1.807, 2.05) is 30.3 Å². The third-order valence-corrected chi connectivity index (χ3v) is 4.14. The summed E-state index contributed by atoms with van der Waals surface area (Å²) in [6.07, 6.45) is 1.51. The van der Waals surface area contributed by atoms with Crippen LogP contribution >= 0.6 is 0 Å². The fraction of sp³-hybridized carbons (Fsp3) is 0.200. The van der Waals surface area contributed by atoms with Gasteiger partial charge in [0.05, 0.1) is 38.8 Å². The van der Waals surface area contributed by atoms with Crippen LogP contribution in [0.3, 0.4) is 0 Å². The predicted molar refractivity (Wildman–Crippen MR) is 101 cm³/mol. The van der Waals surface area contributed by atoms with Crippen LogP contribution in [0.15, 0.2) is 48.7 Å². The fourth-order valence-electron chi connectivity index (χ4n) is 2.73. The summed E-state index contributed by atoms with van der Waals surface area (Å²) in [4.78, 5) is 12.6. The van der Waals surface area contributed by atoms with E-state index in [0.29, 0.717) is 29.3 Å². The van der Waals surface area contributed by atoms with E-state index in [4.69, 9.17) is 14.2 Å². The highest BCUT2D eigenvalue weighted by Gasteiger charge is 2.17. The van der Waals surface area contributed by atoms with Gasteiger partial charge in [-0.1, -0.05) is 12.1 Å². The maximum absolute atomic E-state index is 12.6. The third kappa shape index (κ3) is 4.03. The number of hydrogen-bond acceptors (Lipinski definition) is 5. The quantitative estimate of drug-likeness (QED) is 0.670. The van der Waals surface area contributed by atoms with Gasteiger partial charge >= 0.3 is 0 Å². The zero-order valence-corrected chi connectivity index (χ0v) is 15.4. The Morgan fingerprint density at radius 1 is 1.04 bits per heavy atom. The van der Waals surface area contributed by atoms with Crippen molar-refractivity contribution >= 4 is 5.91 Å². The van der Waals surface area contributed by atoms with Crippen molar-refractivity contribution in [1.82, 2.24) is 15.5 Å². The molecule has 0 aliphatic heterocycles. The Morgan fingerprint density at radius 3 is 2.59 bits per heavy atom. The normalized spacial score (nSPS) is 10.3. The van der Waals surface area contributed by atoms with Crippen LogP contribution in [0.25, 0.3) is 11.3 Å². The van der Waals surface area contributed by atoms with Crippen LogP contribution in [0.5, 0.6) is 17.2 Å². The molecular weight excluding hydrogens is 346 g/mol. The van der Waals surface area contributed by atoms with Crippen molar-refractivity contribution in [2.45, 2.75) is 6.54 Å². The Labute approximate surface area is 157 Å². The van der Waals surface area contributed by atoms with Gasteiger partial charge in [-0.2, -0.15) is 5.10 Å². The number of aromatic amines is 1. The van der Waals surface area contributed by atoms with Gasteiger partial charge in [-0.25, -0.2) is 0 Å². The number of methoxy groups -OCH3 is 3. The lowest BCUT2D eigenvalue weighted by Crippen LogP contribution is -2.23. The molecule has 0 aliphatic rings. The molecule has 0 radical (unpaired) electrons. The van der Waals surface area contributed by atoms with E-state index in [1.54, 1.807) is 33.5 Å². The summed E-state index contributed by atoms with van der Waals surface area (Å²) in [5, 5.41) is 9.81. The van der Waals surface area contributed by atoms with Gasteiger partial charge in [-0.05, 0) is 35.9 Å². The van der Waals surface area contributed by atoms with Crippen molar-refractivity contribution in [3.05, 3.63) is 59.8 Å². The molecule has 1 amide bonds. The number of H-pyrrole nitrogens is 1. The second-order valence-corrected chi connectivity index (χ2v) is 5.76. The fourth-order valence-corrected chi connectivity index (χ4v) is 2.73. The number of carbonyl (C=O) groups excluding carboxylic acids is 1. The van der Waals surface area contributed by atoms with Crippen LogP contribution in [0, 0.1) is 0 Å². The number of nitrogens with one attached hydrogen (secondary N) is 2. The average Bonchev–Trinajstić information content (AvgIpc) is 3.21. The number of nitrogens with zero attached hydrogens (tertiary/aromatic N) is 1. The van der Waals surface area contributed by atoms with Crippen molar-refractivity contribution < 1.29 is 19.0 Å². The van der Waals surface area contributed by atoms with Gasteiger partial charge in [-0.15, -0.1) is 0 Å². The molecule has 7 nitrogen and oxygen atoms in total. The van der Waals surface area contributed by atoms with Gasteiger partial charge in [0.2, 0.25) is 0 Å². The highest BCUT2D eigenvalue weighted by molar-refractivity contribution is 5.99. The summed E-state index contributed by atoms with van der Waals surface area (Å²) < 4.78 is 15.8. The Bertz CT molecular complexity index is 936. The SMILES string of the molecule is COc1cccc(CNC(=O)c2cn[nH]c2-c2ccc(OC)c(OC)c2)c1. The number of amides is 1. The first kappa shape index (κ1) is 18.3. The first-order valence-corrected chi connectivity index (χ1v) is 8.33. The Balaban J connectivity index is 1.79. The zero-order chi connectivity index (χ0) is 19.2. The summed E-state index contributed by atoms with van der Waals surface area (Å²) in [5.41, 5.74) is 2.78. The molecule has 27 heavy (non-hydrogen) atoms. The van der Waals surface area contributed by atoms with Gasteiger partial charge in [-0.3, -0.25) is 9.89 Å². The Hall–Kier alpha value is -3.48. The second kappa shape index (κ2) is 8.27. The minimum absolute atomic E-state index is 0.226. The van der Waals surface area contributed by atoms with Crippen LogP contribution < -0.4 is 19.5 Å². The van der Waals surface area contributed by atoms with E-state index < -0.39 is 0 Å². The Kier molecular flexibility index (Phi) is 5.61. The smallest absolute Gasteiger partial charge is 0.255 e. The molecule has 0 unspecified atom stereocenters. The van der Waals surface area contributed by atoms with Crippen molar-refractivity contribution in [2.24, 2.45) is 0 Å². The van der Waals surface area contributed by atoms with Gasteiger partial charge in [0.15, 0.2) is 11.5 Å². The molecule has 0 saturated heterocycles. The maximum atomic E-state index is 12.6. The lowest BCUT2D eigenvalue weighted by atomic mass is 10.1. The Morgan fingerprint density at radius 2 is 1.85 bits per heavy atom. The van der Waals surface area contributed by atoms with Gasteiger partial charge in [0.25, 0.3) is 5.91 Å². The minimum atomic E-state index is -0.226. The molecule has 0 spiro atoms. The lowest BCUT2D eigenvalue weighted by molar-refractivity contribution is 0.0951. The third-order valence-electron chi connectivity index (χ3n) is 4.14. The summed E-state index contributed by atoms with van der Waals surface area (Å²) in [7, 11) is 4.75. The average molecular weight is 367 g/mol. The van der Waals surface area contributed by atoms with Crippen molar-refractivity contribution in [2.75, 3.05) is 21.3 Å². The highest BCUT2D eigenvalue weighted by Crippen LogP contribution is 2.32. The molecule has 0 saturated carbocycles. The zero-order valence-electron chi connectivity index (χ0n) is 15.4. The van der Waals surface area contributed by atoms with Crippen molar-refractivity contribution in [1.29, 1.82) is 0 Å².